The van der Waals surface area contributed by atoms with E-state index in [1.165, 1.54) is 29.1 Å². The fourth-order valence-corrected chi connectivity index (χ4v) is 3.76. The SMILES string of the molecule is O=c1cc(CSc2nnc(-c3ccncc3)n2CC(F)(F)F)nc2ccc(Cl)cn12. The Morgan fingerprint density at radius 3 is 2.60 bits per heavy atom. The first-order chi connectivity index (χ1) is 14.3. The first kappa shape index (κ1) is 20.4. The van der Waals surface area contributed by atoms with Gasteiger partial charge in [0.25, 0.3) is 5.56 Å². The Morgan fingerprint density at radius 1 is 1.10 bits per heavy atom. The highest BCUT2D eigenvalue weighted by molar-refractivity contribution is 7.98. The summed E-state index contributed by atoms with van der Waals surface area (Å²) in [5, 5.41) is 8.29. The zero-order valence-electron chi connectivity index (χ0n) is 15.0. The molecule has 30 heavy (non-hydrogen) atoms. The molecule has 0 spiro atoms. The number of alkyl halides is 3. The molecular weight excluding hydrogens is 441 g/mol. The molecule has 0 aromatic carbocycles. The number of fused-ring (bicyclic) bond motifs is 1. The van der Waals surface area contributed by atoms with Gasteiger partial charge in [0.1, 0.15) is 12.2 Å². The molecule has 0 radical (unpaired) electrons. The van der Waals surface area contributed by atoms with Crippen molar-refractivity contribution in [3.63, 3.8) is 0 Å². The normalized spacial score (nSPS) is 11.9. The molecule has 0 fully saturated rings. The summed E-state index contributed by atoms with van der Waals surface area (Å²) in [6, 6.07) is 7.61. The van der Waals surface area contributed by atoms with Gasteiger partial charge in [-0.2, -0.15) is 13.2 Å². The highest BCUT2D eigenvalue weighted by atomic mass is 35.5. The predicted octanol–water partition coefficient (Wildman–Crippen LogP) is 3.86. The average Bonchev–Trinajstić information content (AvgIpc) is 3.08. The fraction of sp³-hybridized carbons (Fsp3) is 0.167. The van der Waals surface area contributed by atoms with Gasteiger partial charge < -0.3 is 0 Å². The van der Waals surface area contributed by atoms with E-state index < -0.39 is 12.7 Å². The highest BCUT2D eigenvalue weighted by Gasteiger charge is 2.31. The third kappa shape index (κ3) is 4.46. The average molecular weight is 453 g/mol. The van der Waals surface area contributed by atoms with Gasteiger partial charge in [-0.1, -0.05) is 23.4 Å². The summed E-state index contributed by atoms with van der Waals surface area (Å²) in [5.41, 5.74) is 0.913. The summed E-state index contributed by atoms with van der Waals surface area (Å²) in [4.78, 5) is 20.5. The van der Waals surface area contributed by atoms with Crippen LogP contribution in [0.5, 0.6) is 0 Å². The molecule has 0 aliphatic heterocycles. The molecule has 0 bridgehead atoms. The molecule has 0 saturated heterocycles. The third-order valence-corrected chi connectivity index (χ3v) is 5.24. The van der Waals surface area contributed by atoms with E-state index in [9.17, 15) is 18.0 Å². The lowest BCUT2D eigenvalue weighted by Crippen LogP contribution is -2.19. The summed E-state index contributed by atoms with van der Waals surface area (Å²) in [7, 11) is 0. The van der Waals surface area contributed by atoms with Crippen LogP contribution in [0.15, 0.2) is 58.9 Å². The molecule has 7 nitrogen and oxygen atoms in total. The number of rotatable bonds is 5. The summed E-state index contributed by atoms with van der Waals surface area (Å²) in [6.07, 6.45) is -0.0796. The second kappa shape index (κ2) is 8.07. The number of hydrogen-bond acceptors (Lipinski definition) is 6. The molecule has 0 atom stereocenters. The first-order valence-electron chi connectivity index (χ1n) is 8.51. The van der Waals surface area contributed by atoms with Gasteiger partial charge in [-0.05, 0) is 24.3 Å². The van der Waals surface area contributed by atoms with Gasteiger partial charge in [0.05, 0.1) is 10.7 Å². The Bertz CT molecular complexity index is 1260. The van der Waals surface area contributed by atoms with Gasteiger partial charge in [0.15, 0.2) is 11.0 Å². The van der Waals surface area contributed by atoms with E-state index in [2.05, 4.69) is 20.2 Å². The van der Waals surface area contributed by atoms with Crippen molar-refractivity contribution in [2.45, 2.75) is 23.6 Å². The Balaban J connectivity index is 1.65. The maximum atomic E-state index is 13.2. The van der Waals surface area contributed by atoms with Crippen LogP contribution in [-0.2, 0) is 12.3 Å². The van der Waals surface area contributed by atoms with Crippen LogP contribution in [0.2, 0.25) is 5.02 Å². The van der Waals surface area contributed by atoms with Crippen molar-refractivity contribution in [1.29, 1.82) is 0 Å². The predicted molar refractivity (Wildman–Crippen MR) is 105 cm³/mol. The van der Waals surface area contributed by atoms with Gasteiger partial charge in [0.2, 0.25) is 0 Å². The number of nitrogens with zero attached hydrogens (tertiary/aromatic N) is 6. The Labute approximate surface area is 176 Å². The van der Waals surface area contributed by atoms with Gasteiger partial charge in [-0.3, -0.25) is 18.7 Å². The smallest absolute Gasteiger partial charge is 0.293 e. The van der Waals surface area contributed by atoms with Crippen molar-refractivity contribution < 1.29 is 13.2 Å². The number of pyridine rings is 2. The molecule has 4 rings (SSSR count). The lowest BCUT2D eigenvalue weighted by molar-refractivity contribution is -0.141. The van der Waals surface area contributed by atoms with Crippen LogP contribution in [0.1, 0.15) is 5.69 Å². The van der Waals surface area contributed by atoms with Crippen LogP contribution >= 0.6 is 23.4 Å². The zero-order chi connectivity index (χ0) is 21.3. The maximum absolute atomic E-state index is 13.2. The molecule has 0 aliphatic rings. The largest absolute Gasteiger partial charge is 0.406 e. The molecule has 4 heterocycles. The van der Waals surface area contributed by atoms with Crippen LogP contribution in [-0.4, -0.2) is 35.3 Å². The van der Waals surface area contributed by atoms with Crippen molar-refractivity contribution in [2.75, 3.05) is 0 Å². The molecule has 4 aromatic heterocycles. The van der Waals surface area contributed by atoms with Gasteiger partial charge in [-0.25, -0.2) is 4.98 Å². The fourth-order valence-electron chi connectivity index (χ4n) is 2.77. The van der Waals surface area contributed by atoms with Gasteiger partial charge in [-0.15, -0.1) is 10.2 Å². The molecule has 0 saturated carbocycles. The van der Waals surface area contributed by atoms with Crippen molar-refractivity contribution in [3.05, 3.63) is 70.0 Å². The van der Waals surface area contributed by atoms with E-state index in [-0.39, 0.29) is 22.3 Å². The second-order valence-corrected chi connectivity index (χ2v) is 7.57. The lowest BCUT2D eigenvalue weighted by Gasteiger charge is -2.12. The van der Waals surface area contributed by atoms with Gasteiger partial charge >= 0.3 is 6.18 Å². The highest BCUT2D eigenvalue weighted by Crippen LogP contribution is 2.29. The summed E-state index contributed by atoms with van der Waals surface area (Å²) in [5.74, 6) is 0.221. The van der Waals surface area contributed by atoms with Crippen LogP contribution in [0.4, 0.5) is 13.2 Å². The van der Waals surface area contributed by atoms with E-state index >= 15 is 0 Å². The number of hydrogen-bond donors (Lipinski definition) is 0. The minimum atomic E-state index is -4.46. The minimum absolute atomic E-state index is 0.0669. The quantitative estimate of drug-likeness (QED) is 0.428. The van der Waals surface area contributed by atoms with Gasteiger partial charge in [0, 0.05) is 36.0 Å². The van der Waals surface area contributed by atoms with E-state index in [4.69, 9.17) is 11.6 Å². The summed E-state index contributed by atoms with van der Waals surface area (Å²) >= 11 is 6.90. The Kier molecular flexibility index (Phi) is 5.48. The van der Waals surface area contributed by atoms with E-state index in [0.717, 1.165) is 16.3 Å². The molecular formula is C18H12ClF3N6OS. The maximum Gasteiger partial charge on any atom is 0.406 e. The van der Waals surface area contributed by atoms with Crippen LogP contribution in [0.3, 0.4) is 0 Å². The van der Waals surface area contributed by atoms with E-state index in [0.29, 0.717) is 21.9 Å². The minimum Gasteiger partial charge on any atom is -0.293 e. The van der Waals surface area contributed by atoms with E-state index in [1.807, 2.05) is 0 Å². The number of aromatic nitrogens is 6. The van der Waals surface area contributed by atoms with Crippen LogP contribution in [0, 0.1) is 0 Å². The Morgan fingerprint density at radius 2 is 1.87 bits per heavy atom. The number of thioether (sulfide) groups is 1. The second-order valence-electron chi connectivity index (χ2n) is 6.19. The molecule has 4 aromatic rings. The topological polar surface area (TPSA) is 78.0 Å². The molecule has 154 valence electrons. The molecule has 0 aliphatic carbocycles. The Hall–Kier alpha value is -2.92. The van der Waals surface area contributed by atoms with Crippen LogP contribution < -0.4 is 5.56 Å². The molecule has 0 amide bonds. The van der Waals surface area contributed by atoms with Crippen molar-refractivity contribution >= 4 is 29.0 Å². The third-order valence-electron chi connectivity index (χ3n) is 4.02. The lowest BCUT2D eigenvalue weighted by atomic mass is 10.2. The first-order valence-corrected chi connectivity index (χ1v) is 9.87. The van der Waals surface area contributed by atoms with Crippen LogP contribution in [0.25, 0.3) is 17.0 Å². The zero-order valence-corrected chi connectivity index (χ0v) is 16.6. The van der Waals surface area contributed by atoms with Crippen molar-refractivity contribution in [1.82, 2.24) is 29.1 Å². The standard InChI is InChI=1S/C18H12ClF3N6OS/c19-12-1-2-14-24-13(7-15(29)27(14)8-12)9-30-17-26-25-16(11-3-5-23-6-4-11)28(17)10-18(20,21)22/h1-8H,9-10H2. The van der Waals surface area contributed by atoms with Crippen molar-refractivity contribution in [3.8, 4) is 11.4 Å². The van der Waals surface area contributed by atoms with E-state index in [1.54, 1.807) is 24.3 Å². The van der Waals surface area contributed by atoms with Crippen molar-refractivity contribution in [2.24, 2.45) is 0 Å². The number of halogens is 4. The summed E-state index contributed by atoms with van der Waals surface area (Å²) < 4.78 is 41.7. The molecule has 12 heteroatoms. The monoisotopic (exact) mass is 452 g/mol. The molecule has 0 N–H and O–H groups in total. The molecule has 0 unspecified atom stereocenters. The summed E-state index contributed by atoms with van der Waals surface area (Å²) in [6.45, 7) is -1.24.